The van der Waals surface area contributed by atoms with Gasteiger partial charge in [0.05, 0.1) is 10.3 Å². The van der Waals surface area contributed by atoms with Gasteiger partial charge in [0.25, 0.3) is 5.91 Å². The molecule has 4 nitrogen and oxygen atoms in total. The molecule has 1 aliphatic rings. The third-order valence-electron chi connectivity index (χ3n) is 3.58. The summed E-state index contributed by atoms with van der Waals surface area (Å²) in [4.78, 5) is 24.3. The zero-order valence-corrected chi connectivity index (χ0v) is 16.2. The molecule has 0 aliphatic carbocycles. The van der Waals surface area contributed by atoms with E-state index in [0.29, 0.717) is 15.0 Å². The molecule has 0 spiro atoms. The molecule has 0 unspecified atom stereocenters. The van der Waals surface area contributed by atoms with Crippen LogP contribution in [0.1, 0.15) is 20.5 Å². The van der Waals surface area contributed by atoms with Gasteiger partial charge in [0.1, 0.15) is 5.82 Å². The topological polar surface area (TPSA) is 58.2 Å². The Morgan fingerprint density at radius 1 is 1.04 bits per heavy atom. The first-order chi connectivity index (χ1) is 12.6. The predicted octanol–water partition coefficient (Wildman–Crippen LogP) is 3.86. The molecule has 2 amide bonds. The predicted molar refractivity (Wildman–Crippen MR) is 107 cm³/mol. The average Bonchev–Trinajstić information content (AvgIpc) is 3.20. The highest BCUT2D eigenvalue weighted by Gasteiger charge is 2.18. The Hall–Kier alpha value is -1.64. The van der Waals surface area contributed by atoms with Crippen LogP contribution in [-0.2, 0) is 4.79 Å². The van der Waals surface area contributed by atoms with Crippen molar-refractivity contribution in [1.82, 2.24) is 10.9 Å². The van der Waals surface area contributed by atoms with Crippen LogP contribution in [-0.4, -0.2) is 29.1 Å². The number of rotatable bonds is 5. The van der Waals surface area contributed by atoms with Crippen LogP contribution < -0.4 is 10.9 Å². The summed E-state index contributed by atoms with van der Waals surface area (Å²) in [5, 5.41) is 0. The lowest BCUT2D eigenvalue weighted by atomic mass is 10.1. The minimum atomic E-state index is -0.401. The highest BCUT2D eigenvalue weighted by molar-refractivity contribution is 8.19. The van der Waals surface area contributed by atoms with Gasteiger partial charge in [0.2, 0.25) is 5.91 Å². The molecule has 1 heterocycles. The van der Waals surface area contributed by atoms with E-state index < -0.39 is 5.91 Å². The van der Waals surface area contributed by atoms with Crippen LogP contribution in [0.4, 0.5) is 4.39 Å². The molecule has 1 aliphatic heterocycles. The molecule has 0 atom stereocenters. The number of nitrogens with one attached hydrogen (secondary N) is 2. The summed E-state index contributed by atoms with van der Waals surface area (Å²) in [7, 11) is 0. The highest BCUT2D eigenvalue weighted by atomic mass is 32.2. The minimum Gasteiger partial charge on any atom is -0.272 e. The molecule has 8 heteroatoms. The number of carbonyl (C=O) groups excluding carboxylic acids is 2. The van der Waals surface area contributed by atoms with E-state index in [2.05, 4.69) is 10.9 Å². The molecule has 3 rings (SSSR count). The lowest BCUT2D eigenvalue weighted by Crippen LogP contribution is -2.42. The standard InChI is InChI=1S/C18H17FN2O2S3/c19-14-3-1-2-4-15(14)26-11-16(22)20-21-17(23)12-5-7-13(8-6-12)18-24-9-10-25-18/h1-8,18H,9-11H2,(H,20,22)(H,21,23). The highest BCUT2D eigenvalue weighted by Crippen LogP contribution is 2.45. The van der Waals surface area contributed by atoms with Crippen molar-refractivity contribution in [2.75, 3.05) is 17.3 Å². The number of hydrazine groups is 1. The number of halogens is 1. The van der Waals surface area contributed by atoms with Gasteiger partial charge in [-0.2, -0.15) is 0 Å². The lowest BCUT2D eigenvalue weighted by Gasteiger charge is -2.10. The van der Waals surface area contributed by atoms with E-state index >= 15 is 0 Å². The first-order valence-electron chi connectivity index (χ1n) is 7.93. The second-order valence-electron chi connectivity index (χ2n) is 5.42. The van der Waals surface area contributed by atoms with Crippen LogP contribution >= 0.6 is 35.3 Å². The van der Waals surface area contributed by atoms with Crippen molar-refractivity contribution in [3.63, 3.8) is 0 Å². The molecule has 1 saturated heterocycles. The third-order valence-corrected chi connectivity index (χ3v) is 7.73. The first-order valence-corrected chi connectivity index (χ1v) is 11.0. The molecule has 2 aromatic carbocycles. The monoisotopic (exact) mass is 408 g/mol. The van der Waals surface area contributed by atoms with Crippen LogP contribution in [0.15, 0.2) is 53.4 Å². The van der Waals surface area contributed by atoms with Crippen molar-refractivity contribution in [2.24, 2.45) is 0 Å². The van der Waals surface area contributed by atoms with Crippen molar-refractivity contribution in [3.05, 3.63) is 65.5 Å². The number of hydrogen-bond donors (Lipinski definition) is 2. The van der Waals surface area contributed by atoms with Crippen LogP contribution in [0, 0.1) is 5.82 Å². The van der Waals surface area contributed by atoms with Gasteiger partial charge >= 0.3 is 0 Å². The Labute approximate surface area is 164 Å². The summed E-state index contributed by atoms with van der Waals surface area (Å²) < 4.78 is 13.9. The van der Waals surface area contributed by atoms with Crippen molar-refractivity contribution >= 4 is 47.1 Å². The SMILES string of the molecule is O=C(CSc1ccccc1F)NNC(=O)c1ccc(C2SCCS2)cc1. The molecular formula is C18H17FN2O2S3. The normalized spacial score (nSPS) is 14.2. The van der Waals surface area contributed by atoms with E-state index in [-0.39, 0.29) is 17.5 Å². The number of amides is 2. The Morgan fingerprint density at radius 3 is 2.42 bits per heavy atom. The van der Waals surface area contributed by atoms with E-state index in [1.165, 1.54) is 11.6 Å². The fourth-order valence-electron chi connectivity index (χ4n) is 2.28. The van der Waals surface area contributed by atoms with Crippen LogP contribution in [0.25, 0.3) is 0 Å². The zero-order valence-electron chi connectivity index (χ0n) is 13.7. The fourth-order valence-corrected chi connectivity index (χ4v) is 5.88. The summed E-state index contributed by atoms with van der Waals surface area (Å²) in [6, 6.07) is 13.6. The number of hydrogen-bond acceptors (Lipinski definition) is 5. The second kappa shape index (κ2) is 9.34. The third kappa shape index (κ3) is 5.18. The Morgan fingerprint density at radius 2 is 1.73 bits per heavy atom. The quantitative estimate of drug-likeness (QED) is 0.581. The summed E-state index contributed by atoms with van der Waals surface area (Å²) in [6.45, 7) is 0. The van der Waals surface area contributed by atoms with Gasteiger partial charge in [-0.15, -0.1) is 35.3 Å². The summed E-state index contributed by atoms with van der Waals surface area (Å²) in [5.74, 6) is 1.15. The van der Waals surface area contributed by atoms with Gasteiger partial charge in [-0.05, 0) is 29.8 Å². The Bertz CT molecular complexity index is 780. The smallest absolute Gasteiger partial charge is 0.269 e. The number of carbonyl (C=O) groups is 2. The molecule has 2 aromatic rings. The molecular weight excluding hydrogens is 391 g/mol. The summed E-state index contributed by atoms with van der Waals surface area (Å²) >= 11 is 4.89. The zero-order chi connectivity index (χ0) is 18.4. The molecule has 0 bridgehead atoms. The molecule has 26 heavy (non-hydrogen) atoms. The first kappa shape index (κ1) is 19.1. The number of thioether (sulfide) groups is 3. The van der Waals surface area contributed by atoms with E-state index in [1.54, 1.807) is 30.3 Å². The van der Waals surface area contributed by atoms with Gasteiger partial charge in [-0.25, -0.2) is 4.39 Å². The maximum Gasteiger partial charge on any atom is 0.269 e. The number of benzene rings is 2. The van der Waals surface area contributed by atoms with Crippen LogP contribution in [0.3, 0.4) is 0 Å². The van der Waals surface area contributed by atoms with Gasteiger partial charge in [-0.3, -0.25) is 20.4 Å². The van der Waals surface area contributed by atoms with Gasteiger partial charge < -0.3 is 0 Å². The summed E-state index contributed by atoms with van der Waals surface area (Å²) in [6.07, 6.45) is 0. The molecule has 136 valence electrons. The fraction of sp³-hybridized carbons (Fsp3) is 0.222. The van der Waals surface area contributed by atoms with Gasteiger partial charge in [-0.1, -0.05) is 24.3 Å². The van der Waals surface area contributed by atoms with Crippen molar-refractivity contribution in [1.29, 1.82) is 0 Å². The molecule has 0 saturated carbocycles. The van der Waals surface area contributed by atoms with Crippen molar-refractivity contribution in [2.45, 2.75) is 9.48 Å². The average molecular weight is 409 g/mol. The molecule has 1 fully saturated rings. The van der Waals surface area contributed by atoms with Crippen LogP contribution in [0.2, 0.25) is 0 Å². The minimum absolute atomic E-state index is 0.0102. The summed E-state index contributed by atoms with van der Waals surface area (Å²) in [5.41, 5.74) is 6.40. The molecule has 2 N–H and O–H groups in total. The maximum atomic E-state index is 13.5. The van der Waals surface area contributed by atoms with E-state index in [1.807, 2.05) is 35.7 Å². The van der Waals surface area contributed by atoms with Crippen molar-refractivity contribution in [3.8, 4) is 0 Å². The Balaban J connectivity index is 1.45. The van der Waals surface area contributed by atoms with Gasteiger partial charge in [0.15, 0.2) is 0 Å². The maximum absolute atomic E-state index is 13.5. The Kier molecular flexibility index (Phi) is 6.87. The molecule has 0 radical (unpaired) electrons. The van der Waals surface area contributed by atoms with Crippen molar-refractivity contribution < 1.29 is 14.0 Å². The van der Waals surface area contributed by atoms with E-state index in [9.17, 15) is 14.0 Å². The van der Waals surface area contributed by atoms with E-state index in [0.717, 1.165) is 23.3 Å². The second-order valence-corrected chi connectivity index (χ2v) is 9.16. The van der Waals surface area contributed by atoms with Gasteiger partial charge in [0, 0.05) is 22.0 Å². The van der Waals surface area contributed by atoms with Crippen LogP contribution in [0.5, 0.6) is 0 Å². The van der Waals surface area contributed by atoms with E-state index in [4.69, 9.17) is 0 Å². The largest absolute Gasteiger partial charge is 0.272 e. The molecule has 0 aromatic heterocycles. The lowest BCUT2D eigenvalue weighted by molar-refractivity contribution is -0.119.